The van der Waals surface area contributed by atoms with Crippen LogP contribution in [-0.4, -0.2) is 25.1 Å². The van der Waals surface area contributed by atoms with Gasteiger partial charge in [-0.25, -0.2) is 9.97 Å². The minimum atomic E-state index is -4.78. The lowest BCUT2D eigenvalue weighted by Gasteiger charge is -2.12. The van der Waals surface area contributed by atoms with Gasteiger partial charge in [-0.1, -0.05) is 0 Å². The summed E-state index contributed by atoms with van der Waals surface area (Å²) < 4.78 is 39.8. The molecule has 0 aliphatic rings. The molecule has 0 aliphatic carbocycles. The summed E-state index contributed by atoms with van der Waals surface area (Å²) in [5, 5.41) is 41.6. The Kier molecular flexibility index (Phi) is 4.47. The number of nitro benzene ring substituents is 1. The van der Waals surface area contributed by atoms with Gasteiger partial charge in [-0.05, 0) is 12.1 Å². The second kappa shape index (κ2) is 6.64. The zero-order valence-corrected chi connectivity index (χ0v) is 13.6. The summed E-state index contributed by atoms with van der Waals surface area (Å²) in [4.78, 5) is 17.7. The molecular weight excluding hydrogens is 385 g/mol. The molecule has 3 aromatic rings. The van der Waals surface area contributed by atoms with Gasteiger partial charge in [-0.15, -0.1) is 0 Å². The standard InChI is InChI=1S/C16H9F3N4O5/c17-16(18,19)10-2-4-22(26)7-9(10)15-20-3-1-11(21-15)8-5-12(23(27)28)14(25)13(24)6-8/h1-7,24-25H. The van der Waals surface area contributed by atoms with Crippen LogP contribution in [0.5, 0.6) is 11.5 Å². The van der Waals surface area contributed by atoms with Gasteiger partial charge >= 0.3 is 11.9 Å². The molecule has 0 amide bonds. The van der Waals surface area contributed by atoms with Crippen molar-refractivity contribution in [3.8, 4) is 34.1 Å². The summed E-state index contributed by atoms with van der Waals surface area (Å²) in [5.74, 6) is -2.22. The molecule has 0 atom stereocenters. The molecule has 144 valence electrons. The van der Waals surface area contributed by atoms with E-state index in [9.17, 15) is 38.7 Å². The number of hydrogen-bond acceptors (Lipinski definition) is 7. The molecule has 2 heterocycles. The largest absolute Gasteiger partial charge is 0.619 e. The second-order valence-electron chi connectivity index (χ2n) is 5.52. The molecule has 12 heteroatoms. The van der Waals surface area contributed by atoms with Crippen molar-refractivity contribution in [2.45, 2.75) is 6.18 Å². The van der Waals surface area contributed by atoms with Gasteiger partial charge in [0.2, 0.25) is 5.75 Å². The van der Waals surface area contributed by atoms with Crippen molar-refractivity contribution in [2.75, 3.05) is 0 Å². The van der Waals surface area contributed by atoms with Crippen molar-refractivity contribution in [1.29, 1.82) is 0 Å². The zero-order chi connectivity index (χ0) is 20.6. The second-order valence-corrected chi connectivity index (χ2v) is 5.52. The maximum Gasteiger partial charge on any atom is 0.417 e. The SMILES string of the molecule is O=[N+]([O-])c1cc(-c2ccnc(-c3c[n+]([O-])ccc3C(F)(F)F)n2)cc(O)c1O. The number of halogens is 3. The maximum atomic E-state index is 13.2. The van der Waals surface area contributed by atoms with Crippen LogP contribution in [0, 0.1) is 15.3 Å². The number of nitro groups is 1. The minimum Gasteiger partial charge on any atom is -0.619 e. The molecule has 9 nitrogen and oxygen atoms in total. The highest BCUT2D eigenvalue weighted by atomic mass is 19.4. The molecule has 0 spiro atoms. The number of phenols is 2. The quantitative estimate of drug-likeness (QED) is 0.229. The smallest absolute Gasteiger partial charge is 0.417 e. The first-order valence-corrected chi connectivity index (χ1v) is 7.42. The highest BCUT2D eigenvalue weighted by Crippen LogP contribution is 2.39. The van der Waals surface area contributed by atoms with E-state index in [0.717, 1.165) is 18.3 Å². The van der Waals surface area contributed by atoms with E-state index in [2.05, 4.69) is 9.97 Å². The first kappa shape index (κ1) is 18.8. The predicted molar refractivity (Wildman–Crippen MR) is 86.8 cm³/mol. The van der Waals surface area contributed by atoms with Gasteiger partial charge in [0.1, 0.15) is 0 Å². The number of aromatic hydroxyl groups is 2. The Morgan fingerprint density at radius 1 is 1.18 bits per heavy atom. The third-order valence-corrected chi connectivity index (χ3v) is 3.70. The van der Waals surface area contributed by atoms with Gasteiger partial charge < -0.3 is 15.4 Å². The third-order valence-electron chi connectivity index (χ3n) is 3.70. The van der Waals surface area contributed by atoms with Crippen LogP contribution in [0.3, 0.4) is 0 Å². The van der Waals surface area contributed by atoms with E-state index in [0.29, 0.717) is 18.5 Å². The average Bonchev–Trinajstić information content (AvgIpc) is 2.62. The highest BCUT2D eigenvalue weighted by Gasteiger charge is 2.36. The fourth-order valence-electron chi connectivity index (χ4n) is 2.44. The first-order valence-electron chi connectivity index (χ1n) is 7.42. The maximum absolute atomic E-state index is 13.2. The van der Waals surface area contributed by atoms with E-state index in [1.165, 1.54) is 6.07 Å². The van der Waals surface area contributed by atoms with Crippen LogP contribution in [0.2, 0.25) is 0 Å². The summed E-state index contributed by atoms with van der Waals surface area (Å²) in [7, 11) is 0. The van der Waals surface area contributed by atoms with Gasteiger partial charge in [-0.2, -0.15) is 17.9 Å². The van der Waals surface area contributed by atoms with Crippen molar-refractivity contribution in [2.24, 2.45) is 0 Å². The predicted octanol–water partition coefficient (Wildman–Crippen LogP) is 2.78. The van der Waals surface area contributed by atoms with Crippen LogP contribution < -0.4 is 4.73 Å². The molecule has 1 aromatic carbocycles. The Hall–Kier alpha value is -3.96. The van der Waals surface area contributed by atoms with Crippen molar-refractivity contribution >= 4 is 5.69 Å². The number of aromatic nitrogens is 3. The summed E-state index contributed by atoms with van der Waals surface area (Å²) >= 11 is 0. The molecule has 0 saturated heterocycles. The van der Waals surface area contributed by atoms with Crippen LogP contribution in [0.4, 0.5) is 18.9 Å². The van der Waals surface area contributed by atoms with E-state index >= 15 is 0 Å². The Bertz CT molecular complexity index is 1090. The van der Waals surface area contributed by atoms with E-state index < -0.39 is 45.2 Å². The first-order chi connectivity index (χ1) is 13.1. The Labute approximate surface area is 153 Å². The molecule has 0 fully saturated rings. The topological polar surface area (TPSA) is 136 Å². The summed E-state index contributed by atoms with van der Waals surface area (Å²) in [6.45, 7) is 0. The van der Waals surface area contributed by atoms with Crippen LogP contribution in [0.25, 0.3) is 22.6 Å². The van der Waals surface area contributed by atoms with Gasteiger partial charge in [-0.3, -0.25) is 10.1 Å². The number of hydrogen-bond donors (Lipinski definition) is 2. The minimum absolute atomic E-state index is 0.0508. The number of rotatable bonds is 3. The van der Waals surface area contributed by atoms with Crippen molar-refractivity contribution < 1.29 is 33.0 Å². The molecule has 3 rings (SSSR count). The monoisotopic (exact) mass is 394 g/mol. The summed E-state index contributed by atoms with van der Waals surface area (Å²) in [6, 6.07) is 3.67. The molecular formula is C16H9F3N4O5. The van der Waals surface area contributed by atoms with E-state index in [1.54, 1.807) is 0 Å². The fourth-order valence-corrected chi connectivity index (χ4v) is 2.44. The third kappa shape index (κ3) is 3.47. The van der Waals surface area contributed by atoms with Crippen molar-refractivity contribution in [3.63, 3.8) is 0 Å². The molecule has 0 saturated carbocycles. The number of nitrogens with zero attached hydrogens (tertiary/aromatic N) is 4. The molecule has 0 unspecified atom stereocenters. The van der Waals surface area contributed by atoms with E-state index in [-0.39, 0.29) is 16.0 Å². The Balaban J connectivity index is 2.18. The van der Waals surface area contributed by atoms with Gasteiger partial charge in [0.15, 0.2) is 24.0 Å². The van der Waals surface area contributed by atoms with E-state index in [1.807, 2.05) is 0 Å². The Morgan fingerprint density at radius 3 is 2.54 bits per heavy atom. The number of benzene rings is 1. The van der Waals surface area contributed by atoms with Crippen LogP contribution >= 0.6 is 0 Å². The highest BCUT2D eigenvalue weighted by molar-refractivity contribution is 5.71. The Morgan fingerprint density at radius 2 is 1.89 bits per heavy atom. The molecule has 0 bridgehead atoms. The summed E-state index contributed by atoms with van der Waals surface area (Å²) in [5.41, 5.74) is -2.67. The van der Waals surface area contributed by atoms with Gasteiger partial charge in [0.05, 0.1) is 21.7 Å². The summed E-state index contributed by atoms with van der Waals surface area (Å²) in [6.07, 6.45) is -2.36. The van der Waals surface area contributed by atoms with E-state index in [4.69, 9.17) is 0 Å². The lowest BCUT2D eigenvalue weighted by Crippen LogP contribution is -2.26. The van der Waals surface area contributed by atoms with Crippen molar-refractivity contribution in [1.82, 2.24) is 9.97 Å². The lowest BCUT2D eigenvalue weighted by molar-refractivity contribution is -0.605. The average molecular weight is 394 g/mol. The van der Waals surface area contributed by atoms with Crippen LogP contribution in [0.1, 0.15) is 5.56 Å². The number of pyridine rings is 1. The molecule has 0 aliphatic heterocycles. The molecule has 2 N–H and O–H groups in total. The lowest BCUT2D eigenvalue weighted by atomic mass is 10.1. The van der Waals surface area contributed by atoms with Gasteiger partial charge in [0, 0.05) is 23.9 Å². The molecule has 28 heavy (non-hydrogen) atoms. The fraction of sp³-hybridized carbons (Fsp3) is 0.0625. The molecule has 2 aromatic heterocycles. The van der Waals surface area contributed by atoms with Crippen LogP contribution in [-0.2, 0) is 6.18 Å². The van der Waals surface area contributed by atoms with Crippen LogP contribution in [0.15, 0.2) is 42.9 Å². The normalized spacial score (nSPS) is 11.4. The van der Waals surface area contributed by atoms with Gasteiger partial charge in [0.25, 0.3) is 0 Å². The number of alkyl halides is 3. The zero-order valence-electron chi connectivity index (χ0n) is 13.6. The van der Waals surface area contributed by atoms with Crippen molar-refractivity contribution in [3.05, 3.63) is 63.7 Å². The number of phenolic OH excluding ortho intramolecular Hbond substituents is 2. The molecule has 0 radical (unpaired) electrons.